The fraction of sp³-hybridized carbons (Fsp3) is 0.214. The average Bonchev–Trinajstić information content (AvgIpc) is 2.81. The summed E-state index contributed by atoms with van der Waals surface area (Å²) in [5, 5.41) is 0. The summed E-state index contributed by atoms with van der Waals surface area (Å²) < 4.78 is 15.5. The number of nitrogens with zero attached hydrogens (tertiary/aromatic N) is 1. The van der Waals surface area contributed by atoms with E-state index in [-0.39, 0.29) is 11.6 Å². The van der Waals surface area contributed by atoms with Gasteiger partial charge in [-0.2, -0.15) is 0 Å². The van der Waals surface area contributed by atoms with Gasteiger partial charge in [-0.1, -0.05) is 13.0 Å². The van der Waals surface area contributed by atoms with Crippen molar-refractivity contribution in [3.8, 4) is 0 Å². The van der Waals surface area contributed by atoms with Gasteiger partial charge >= 0.3 is 0 Å². The SMILES string of the molecule is CCC(=O)c1ccn(Cc2ccc(F)c(Br)c2)c1. The van der Waals surface area contributed by atoms with Crippen molar-refractivity contribution in [2.75, 3.05) is 0 Å². The molecule has 0 saturated carbocycles. The fourth-order valence-electron chi connectivity index (χ4n) is 1.76. The number of carbonyl (C=O) groups excluding carboxylic acids is 1. The summed E-state index contributed by atoms with van der Waals surface area (Å²) in [7, 11) is 0. The quantitative estimate of drug-likeness (QED) is 0.782. The average molecular weight is 310 g/mol. The number of aromatic nitrogens is 1. The summed E-state index contributed by atoms with van der Waals surface area (Å²) in [4.78, 5) is 11.5. The number of benzene rings is 1. The molecule has 0 aliphatic carbocycles. The van der Waals surface area contributed by atoms with Crippen LogP contribution in [-0.4, -0.2) is 10.4 Å². The third-order valence-corrected chi connectivity index (χ3v) is 3.35. The monoisotopic (exact) mass is 309 g/mol. The zero-order valence-electron chi connectivity index (χ0n) is 9.99. The van der Waals surface area contributed by atoms with Crippen LogP contribution in [0.2, 0.25) is 0 Å². The van der Waals surface area contributed by atoms with E-state index in [4.69, 9.17) is 0 Å². The molecule has 1 aromatic carbocycles. The van der Waals surface area contributed by atoms with E-state index in [0.717, 1.165) is 11.1 Å². The first kappa shape index (κ1) is 13.0. The molecule has 0 N–H and O–H groups in total. The van der Waals surface area contributed by atoms with Gasteiger partial charge in [-0.25, -0.2) is 4.39 Å². The summed E-state index contributed by atoms with van der Waals surface area (Å²) in [6, 6.07) is 6.73. The van der Waals surface area contributed by atoms with Crippen molar-refractivity contribution in [3.63, 3.8) is 0 Å². The van der Waals surface area contributed by atoms with Gasteiger partial charge in [-0.15, -0.1) is 0 Å². The molecule has 2 aromatic rings. The highest BCUT2D eigenvalue weighted by Crippen LogP contribution is 2.18. The van der Waals surface area contributed by atoms with Crippen LogP contribution in [-0.2, 0) is 6.54 Å². The lowest BCUT2D eigenvalue weighted by Gasteiger charge is -2.04. The minimum absolute atomic E-state index is 0.133. The van der Waals surface area contributed by atoms with Crippen LogP contribution in [0.4, 0.5) is 4.39 Å². The molecular weight excluding hydrogens is 297 g/mol. The Hall–Kier alpha value is -1.42. The molecule has 1 heterocycles. The highest BCUT2D eigenvalue weighted by molar-refractivity contribution is 9.10. The third-order valence-electron chi connectivity index (χ3n) is 2.74. The Labute approximate surface area is 114 Å². The predicted octanol–water partition coefficient (Wildman–Crippen LogP) is 4.03. The van der Waals surface area contributed by atoms with Crippen molar-refractivity contribution in [1.82, 2.24) is 4.57 Å². The Bertz CT molecular complexity index is 577. The summed E-state index contributed by atoms with van der Waals surface area (Å²) in [6.07, 6.45) is 4.19. The van der Waals surface area contributed by atoms with Crippen molar-refractivity contribution in [2.45, 2.75) is 19.9 Å². The van der Waals surface area contributed by atoms with Crippen molar-refractivity contribution in [2.24, 2.45) is 0 Å². The Morgan fingerprint density at radius 3 is 2.83 bits per heavy atom. The number of hydrogen-bond acceptors (Lipinski definition) is 1. The Morgan fingerprint density at radius 2 is 2.17 bits per heavy atom. The highest BCUT2D eigenvalue weighted by Gasteiger charge is 2.06. The molecule has 0 aliphatic rings. The van der Waals surface area contributed by atoms with Gasteiger partial charge in [0.1, 0.15) is 5.82 Å². The molecule has 0 fully saturated rings. The molecule has 0 saturated heterocycles. The van der Waals surface area contributed by atoms with Crippen molar-refractivity contribution in [1.29, 1.82) is 0 Å². The molecule has 0 radical (unpaired) electrons. The van der Waals surface area contributed by atoms with Crippen molar-refractivity contribution >= 4 is 21.7 Å². The van der Waals surface area contributed by atoms with Crippen LogP contribution in [0.1, 0.15) is 29.3 Å². The molecule has 18 heavy (non-hydrogen) atoms. The normalized spacial score (nSPS) is 10.6. The van der Waals surface area contributed by atoms with Gasteiger partial charge in [-0.3, -0.25) is 4.79 Å². The number of hydrogen-bond donors (Lipinski definition) is 0. The standard InChI is InChI=1S/C14H13BrFNO/c1-2-14(18)11-5-6-17(9-11)8-10-3-4-13(16)12(15)7-10/h3-7,9H,2,8H2,1H3. The summed E-state index contributed by atoms with van der Waals surface area (Å²) in [5.74, 6) is -0.137. The van der Waals surface area contributed by atoms with Crippen molar-refractivity contribution < 1.29 is 9.18 Å². The molecule has 0 unspecified atom stereocenters. The first-order valence-corrected chi connectivity index (χ1v) is 6.52. The van der Waals surface area contributed by atoms with Gasteiger partial charge < -0.3 is 4.57 Å². The topological polar surface area (TPSA) is 22.0 Å². The van der Waals surface area contributed by atoms with Crippen LogP contribution in [0.3, 0.4) is 0 Å². The second-order valence-electron chi connectivity index (χ2n) is 4.10. The van der Waals surface area contributed by atoms with Gasteiger partial charge in [0, 0.05) is 30.9 Å². The van der Waals surface area contributed by atoms with E-state index in [1.54, 1.807) is 12.1 Å². The predicted molar refractivity (Wildman–Crippen MR) is 72.3 cm³/mol. The van der Waals surface area contributed by atoms with Crippen LogP contribution in [0.25, 0.3) is 0 Å². The maximum Gasteiger partial charge on any atom is 0.164 e. The maximum absolute atomic E-state index is 13.1. The van der Waals surface area contributed by atoms with Crippen LogP contribution >= 0.6 is 15.9 Å². The second kappa shape index (κ2) is 5.48. The van der Waals surface area contributed by atoms with E-state index in [9.17, 15) is 9.18 Å². The lowest BCUT2D eigenvalue weighted by atomic mass is 10.2. The zero-order valence-corrected chi connectivity index (χ0v) is 11.6. The van der Waals surface area contributed by atoms with E-state index in [0.29, 0.717) is 17.4 Å². The van der Waals surface area contributed by atoms with Gasteiger partial charge in [-0.05, 0) is 39.7 Å². The van der Waals surface area contributed by atoms with Crippen LogP contribution in [0.5, 0.6) is 0 Å². The summed E-state index contributed by atoms with van der Waals surface area (Å²) in [5.41, 5.74) is 1.70. The number of Topliss-reactive ketones (excluding diaryl/α,β-unsaturated/α-hetero) is 1. The molecule has 2 rings (SSSR count). The van der Waals surface area contributed by atoms with Gasteiger partial charge in [0.25, 0.3) is 0 Å². The van der Waals surface area contributed by atoms with E-state index in [2.05, 4.69) is 15.9 Å². The number of carbonyl (C=O) groups is 1. The zero-order chi connectivity index (χ0) is 13.1. The second-order valence-corrected chi connectivity index (χ2v) is 4.95. The lowest BCUT2D eigenvalue weighted by Crippen LogP contribution is -1.98. The summed E-state index contributed by atoms with van der Waals surface area (Å²) >= 11 is 3.16. The van der Waals surface area contributed by atoms with Crippen LogP contribution in [0.15, 0.2) is 41.1 Å². The molecule has 0 atom stereocenters. The molecular formula is C14H13BrFNO. The minimum Gasteiger partial charge on any atom is -0.349 e. The Kier molecular flexibility index (Phi) is 3.97. The molecule has 0 aliphatic heterocycles. The van der Waals surface area contributed by atoms with Crippen LogP contribution in [0, 0.1) is 5.82 Å². The van der Waals surface area contributed by atoms with Crippen LogP contribution < -0.4 is 0 Å². The molecule has 0 spiro atoms. The minimum atomic E-state index is -0.270. The summed E-state index contributed by atoms with van der Waals surface area (Å²) in [6.45, 7) is 2.46. The van der Waals surface area contributed by atoms with E-state index in [1.807, 2.05) is 30.0 Å². The first-order valence-electron chi connectivity index (χ1n) is 5.73. The maximum atomic E-state index is 13.1. The van der Waals surface area contributed by atoms with Gasteiger partial charge in [0.15, 0.2) is 5.78 Å². The Morgan fingerprint density at radius 1 is 1.39 bits per heavy atom. The van der Waals surface area contributed by atoms with Crippen molar-refractivity contribution in [3.05, 3.63) is 58.1 Å². The number of ketones is 1. The highest BCUT2D eigenvalue weighted by atomic mass is 79.9. The first-order chi connectivity index (χ1) is 8.60. The molecule has 0 amide bonds. The number of halogens is 2. The molecule has 4 heteroatoms. The lowest BCUT2D eigenvalue weighted by molar-refractivity contribution is 0.0988. The molecule has 2 nitrogen and oxygen atoms in total. The molecule has 1 aromatic heterocycles. The third kappa shape index (κ3) is 2.88. The fourth-order valence-corrected chi connectivity index (χ4v) is 2.18. The van der Waals surface area contributed by atoms with E-state index in [1.165, 1.54) is 6.07 Å². The van der Waals surface area contributed by atoms with Gasteiger partial charge in [0.2, 0.25) is 0 Å². The largest absolute Gasteiger partial charge is 0.349 e. The number of rotatable bonds is 4. The van der Waals surface area contributed by atoms with Gasteiger partial charge in [0.05, 0.1) is 4.47 Å². The van der Waals surface area contributed by atoms with E-state index >= 15 is 0 Å². The smallest absolute Gasteiger partial charge is 0.164 e. The van der Waals surface area contributed by atoms with E-state index < -0.39 is 0 Å². The molecule has 0 bridgehead atoms. The molecule has 94 valence electrons. The Balaban J connectivity index is 2.16.